The van der Waals surface area contributed by atoms with Crippen molar-refractivity contribution in [1.29, 1.82) is 0 Å². The minimum atomic E-state index is -0.611. The third-order valence-corrected chi connectivity index (χ3v) is 4.29. The fourth-order valence-corrected chi connectivity index (χ4v) is 3.16. The zero-order valence-electron chi connectivity index (χ0n) is 13.2. The molecule has 2 heterocycles. The number of ether oxygens (including phenoxy) is 1. The van der Waals surface area contributed by atoms with E-state index >= 15 is 0 Å². The molecule has 6 heteroatoms. The summed E-state index contributed by atoms with van der Waals surface area (Å²) in [7, 11) is 1.27. The largest absolute Gasteiger partial charge is 0.465 e. The summed E-state index contributed by atoms with van der Waals surface area (Å²) in [6, 6.07) is 14.2. The summed E-state index contributed by atoms with van der Waals surface area (Å²) in [6.45, 7) is 0. The Morgan fingerprint density at radius 3 is 2.72 bits per heavy atom. The lowest BCUT2D eigenvalue weighted by Gasteiger charge is -2.03. The monoisotopic (exact) mass is 353 g/mol. The number of hydrogen-bond donors (Lipinski definition) is 0. The standard InChI is InChI=1S/C19H12ClNO4/c1-24-18(22)16-13(11-5-4-6-12(20)9-11)10-21-14-7-2-3-8-15(14)25-19(23)17(16)21/h2-10H,1H3. The SMILES string of the molecule is COC(=O)c1c(-c2cccc(Cl)c2)cn2c1c(=O)oc1ccccc12. The van der Waals surface area contributed by atoms with Gasteiger partial charge < -0.3 is 13.6 Å². The van der Waals surface area contributed by atoms with Crippen molar-refractivity contribution in [2.75, 3.05) is 7.11 Å². The van der Waals surface area contributed by atoms with Gasteiger partial charge in [0.1, 0.15) is 11.1 Å². The highest BCUT2D eigenvalue weighted by atomic mass is 35.5. The van der Waals surface area contributed by atoms with Crippen LogP contribution in [-0.4, -0.2) is 17.5 Å². The number of hydrogen-bond acceptors (Lipinski definition) is 4. The molecule has 25 heavy (non-hydrogen) atoms. The molecule has 0 spiro atoms. The van der Waals surface area contributed by atoms with Crippen molar-refractivity contribution in [3.8, 4) is 11.1 Å². The minimum absolute atomic E-state index is 0.139. The lowest BCUT2D eigenvalue weighted by atomic mass is 10.0. The molecule has 0 amide bonds. The minimum Gasteiger partial charge on any atom is -0.465 e. The van der Waals surface area contributed by atoms with Gasteiger partial charge >= 0.3 is 11.6 Å². The average Bonchev–Trinajstić information content (AvgIpc) is 3.03. The van der Waals surface area contributed by atoms with E-state index in [0.717, 1.165) is 0 Å². The molecule has 0 radical (unpaired) electrons. The quantitative estimate of drug-likeness (QED) is 0.508. The number of aromatic nitrogens is 1. The van der Waals surface area contributed by atoms with E-state index in [1.54, 1.807) is 40.9 Å². The smallest absolute Gasteiger partial charge is 0.361 e. The van der Waals surface area contributed by atoms with Gasteiger partial charge in [0.2, 0.25) is 0 Å². The number of carbonyl (C=O) groups is 1. The molecule has 0 unspecified atom stereocenters. The van der Waals surface area contributed by atoms with Crippen molar-refractivity contribution >= 4 is 34.2 Å². The summed E-state index contributed by atoms with van der Waals surface area (Å²) in [5.74, 6) is -0.611. The molecule has 0 aliphatic heterocycles. The predicted molar refractivity (Wildman–Crippen MR) is 95.2 cm³/mol. The molecule has 4 rings (SSSR count). The van der Waals surface area contributed by atoms with E-state index < -0.39 is 11.6 Å². The van der Waals surface area contributed by atoms with Gasteiger partial charge in [0.25, 0.3) is 0 Å². The van der Waals surface area contributed by atoms with Crippen LogP contribution in [0.25, 0.3) is 27.7 Å². The van der Waals surface area contributed by atoms with E-state index in [9.17, 15) is 9.59 Å². The Bertz CT molecular complexity index is 1190. The maximum atomic E-state index is 12.5. The molecule has 5 nitrogen and oxygen atoms in total. The summed E-state index contributed by atoms with van der Waals surface area (Å²) in [5, 5.41) is 0.528. The maximum Gasteiger partial charge on any atom is 0.361 e. The third-order valence-electron chi connectivity index (χ3n) is 4.05. The third kappa shape index (κ3) is 2.40. The second-order valence-corrected chi connectivity index (χ2v) is 5.93. The molecule has 2 aromatic heterocycles. The summed E-state index contributed by atoms with van der Waals surface area (Å²) >= 11 is 6.08. The fraction of sp³-hybridized carbons (Fsp3) is 0.0526. The Kier molecular flexibility index (Phi) is 3.58. The van der Waals surface area contributed by atoms with Crippen LogP contribution in [0.15, 0.2) is 63.9 Å². The van der Waals surface area contributed by atoms with Gasteiger partial charge in [0, 0.05) is 16.8 Å². The van der Waals surface area contributed by atoms with Crippen LogP contribution in [0.5, 0.6) is 0 Å². The topological polar surface area (TPSA) is 60.9 Å². The van der Waals surface area contributed by atoms with Crippen LogP contribution in [-0.2, 0) is 4.74 Å². The molecular formula is C19H12ClNO4. The van der Waals surface area contributed by atoms with Crippen LogP contribution in [0.1, 0.15) is 10.4 Å². The first kappa shape index (κ1) is 15.5. The van der Waals surface area contributed by atoms with Gasteiger partial charge in [-0.2, -0.15) is 0 Å². The van der Waals surface area contributed by atoms with E-state index in [0.29, 0.717) is 27.2 Å². The summed E-state index contributed by atoms with van der Waals surface area (Å²) in [6.07, 6.45) is 1.73. The Hall–Kier alpha value is -3.05. The molecular weight excluding hydrogens is 342 g/mol. The average molecular weight is 354 g/mol. The first-order valence-corrected chi connectivity index (χ1v) is 7.89. The highest BCUT2D eigenvalue weighted by Crippen LogP contribution is 2.31. The number of fused-ring (bicyclic) bond motifs is 3. The fourth-order valence-electron chi connectivity index (χ4n) is 2.97. The lowest BCUT2D eigenvalue weighted by Crippen LogP contribution is -2.10. The molecule has 4 aromatic rings. The lowest BCUT2D eigenvalue weighted by molar-refractivity contribution is 0.0603. The number of esters is 1. The van der Waals surface area contributed by atoms with Crippen molar-refractivity contribution in [3.63, 3.8) is 0 Å². The summed E-state index contributed by atoms with van der Waals surface area (Å²) in [5.41, 5.74) is 2.06. The Morgan fingerprint density at radius 1 is 1.16 bits per heavy atom. The van der Waals surface area contributed by atoms with Crippen molar-refractivity contribution < 1.29 is 13.9 Å². The maximum absolute atomic E-state index is 12.5. The molecule has 0 aliphatic rings. The molecule has 0 saturated heterocycles. The van der Waals surface area contributed by atoms with Crippen LogP contribution in [0.2, 0.25) is 5.02 Å². The zero-order valence-corrected chi connectivity index (χ0v) is 13.9. The van der Waals surface area contributed by atoms with Crippen molar-refractivity contribution in [1.82, 2.24) is 4.40 Å². The van der Waals surface area contributed by atoms with Crippen LogP contribution in [0.4, 0.5) is 0 Å². The van der Waals surface area contributed by atoms with E-state index in [-0.39, 0.29) is 11.1 Å². The van der Waals surface area contributed by atoms with E-state index in [4.69, 9.17) is 20.8 Å². The Labute approximate surface area is 147 Å². The van der Waals surface area contributed by atoms with E-state index in [2.05, 4.69) is 0 Å². The van der Waals surface area contributed by atoms with Crippen molar-refractivity contribution in [2.24, 2.45) is 0 Å². The molecule has 2 aromatic carbocycles. The highest BCUT2D eigenvalue weighted by Gasteiger charge is 2.24. The molecule has 0 bridgehead atoms. The van der Waals surface area contributed by atoms with Gasteiger partial charge in [0.15, 0.2) is 5.58 Å². The molecule has 0 fully saturated rings. The number of rotatable bonds is 2. The molecule has 0 N–H and O–H groups in total. The number of halogens is 1. The Morgan fingerprint density at radius 2 is 1.96 bits per heavy atom. The number of methoxy groups -OCH3 is 1. The van der Waals surface area contributed by atoms with Crippen LogP contribution >= 0.6 is 11.6 Å². The van der Waals surface area contributed by atoms with Gasteiger partial charge in [-0.1, -0.05) is 35.9 Å². The second-order valence-electron chi connectivity index (χ2n) is 5.50. The summed E-state index contributed by atoms with van der Waals surface area (Å²) < 4.78 is 11.9. The number of nitrogens with zero attached hydrogens (tertiary/aromatic N) is 1. The van der Waals surface area contributed by atoms with Crippen LogP contribution in [0.3, 0.4) is 0 Å². The van der Waals surface area contributed by atoms with Gasteiger partial charge in [-0.25, -0.2) is 9.59 Å². The molecule has 124 valence electrons. The van der Waals surface area contributed by atoms with Crippen LogP contribution in [0, 0.1) is 0 Å². The van der Waals surface area contributed by atoms with Gasteiger partial charge in [0.05, 0.1) is 12.6 Å². The first-order valence-electron chi connectivity index (χ1n) is 7.51. The second kappa shape index (κ2) is 5.79. The van der Waals surface area contributed by atoms with Gasteiger partial charge in [-0.05, 0) is 29.8 Å². The van der Waals surface area contributed by atoms with E-state index in [1.807, 2.05) is 18.2 Å². The molecule has 0 atom stereocenters. The molecule has 0 aliphatic carbocycles. The predicted octanol–water partition coefficient (Wildman–Crippen LogP) is 4.15. The van der Waals surface area contributed by atoms with Crippen molar-refractivity contribution in [3.05, 3.63) is 75.7 Å². The van der Waals surface area contributed by atoms with E-state index in [1.165, 1.54) is 7.11 Å². The highest BCUT2D eigenvalue weighted by molar-refractivity contribution is 6.30. The number of carbonyl (C=O) groups excluding carboxylic acids is 1. The number of benzene rings is 2. The first-order chi connectivity index (χ1) is 12.1. The normalized spacial score (nSPS) is 11.1. The molecule has 0 saturated carbocycles. The van der Waals surface area contributed by atoms with Crippen LogP contribution < -0.4 is 5.63 Å². The summed E-state index contributed by atoms with van der Waals surface area (Å²) in [4.78, 5) is 24.9. The zero-order chi connectivity index (χ0) is 17.6. The Balaban J connectivity index is 2.19. The van der Waals surface area contributed by atoms with Crippen molar-refractivity contribution in [2.45, 2.75) is 0 Å². The van der Waals surface area contributed by atoms with Gasteiger partial charge in [-0.15, -0.1) is 0 Å². The number of para-hydroxylation sites is 2. The van der Waals surface area contributed by atoms with Gasteiger partial charge in [-0.3, -0.25) is 0 Å².